The van der Waals surface area contributed by atoms with Crippen LogP contribution < -0.4 is 43.4 Å². The molecule has 0 radical (unpaired) electrons. The van der Waals surface area contributed by atoms with E-state index in [4.69, 9.17) is 132 Å². The topological polar surface area (TPSA) is 270 Å². The Balaban J connectivity index is 0.000000153. The number of ether oxygens (including phenoxy) is 4. The minimum atomic E-state index is -3.95. The highest BCUT2D eigenvalue weighted by Gasteiger charge is 2.29. The normalized spacial score (nSPS) is 11.4. The zero-order chi connectivity index (χ0) is 84.8. The first-order valence-corrected chi connectivity index (χ1v) is 44.8. The van der Waals surface area contributed by atoms with Crippen LogP contribution >= 0.6 is 143 Å². The lowest BCUT2D eigenvalue weighted by molar-refractivity contribution is 0.307. The number of anilines is 4. The Hall–Kier alpha value is -8.89. The fraction of sp³-hybridized carbons (Fsp3) is 0.0864. The third-order valence-electron chi connectivity index (χ3n) is 16.5. The zero-order valence-corrected chi connectivity index (χ0v) is 75.0. The number of fused-ring (bicyclic) bond motifs is 3. The van der Waals surface area contributed by atoms with E-state index in [2.05, 4.69) is 81.0 Å². The Morgan fingerprint density at radius 3 is 1.85 bits per heavy atom. The summed E-state index contributed by atoms with van der Waals surface area (Å²) in [5.74, 6) is 3.89. The molecule has 4 aromatic heterocycles. The van der Waals surface area contributed by atoms with Crippen LogP contribution in [-0.2, 0) is 55.6 Å². The first-order valence-electron chi connectivity index (χ1n) is 34.2. The molecule has 0 spiro atoms. The lowest BCUT2D eigenvalue weighted by Gasteiger charge is -2.15. The second-order valence-corrected chi connectivity index (χ2v) is 37.0. The Morgan fingerprint density at radius 2 is 1.18 bits per heavy atom. The number of pyridine rings is 2. The third kappa shape index (κ3) is 23.8. The van der Waals surface area contributed by atoms with E-state index in [0.29, 0.717) is 81.3 Å². The van der Waals surface area contributed by atoms with Crippen LogP contribution in [0.5, 0.6) is 40.2 Å². The molecular weight excluding hydrogens is 1880 g/mol. The smallest absolute Gasteiger partial charge is 0.281 e. The summed E-state index contributed by atoms with van der Waals surface area (Å²) >= 11 is 64.5. The van der Waals surface area contributed by atoms with Crippen molar-refractivity contribution in [2.45, 2.75) is 64.8 Å². The molecule has 15 rings (SSSR count). The molecule has 0 aliphatic carbocycles. The molecule has 0 saturated heterocycles. The number of allylic oxidation sites excluding steroid dienone is 1. The summed E-state index contributed by atoms with van der Waals surface area (Å²) < 4.78 is 118. The van der Waals surface area contributed by atoms with Gasteiger partial charge in [0.1, 0.15) is 40.3 Å². The van der Waals surface area contributed by atoms with Crippen LogP contribution in [0.4, 0.5) is 22.7 Å². The molecule has 0 saturated carbocycles. The van der Waals surface area contributed by atoms with Crippen molar-refractivity contribution in [3.05, 3.63) is 308 Å². The van der Waals surface area contributed by atoms with Gasteiger partial charge < -0.3 is 23.8 Å². The summed E-state index contributed by atoms with van der Waals surface area (Å²) in [6, 6.07) is 56.3. The van der Waals surface area contributed by atoms with E-state index in [-0.39, 0.29) is 48.0 Å². The summed E-state index contributed by atoms with van der Waals surface area (Å²) in [6.45, 7) is 7.94. The summed E-state index contributed by atoms with van der Waals surface area (Å²) in [7, 11) is -10.2. The van der Waals surface area contributed by atoms with Crippen LogP contribution in [0.3, 0.4) is 0 Å². The van der Waals surface area contributed by atoms with Crippen molar-refractivity contribution in [2.24, 2.45) is 0 Å². The fourth-order valence-electron chi connectivity index (χ4n) is 10.9. The highest BCUT2D eigenvalue weighted by molar-refractivity contribution is 9.10. The van der Waals surface area contributed by atoms with Crippen molar-refractivity contribution in [1.82, 2.24) is 24.5 Å². The Bertz CT molecular complexity index is 6480. The van der Waals surface area contributed by atoms with Crippen LogP contribution in [0.25, 0.3) is 27.2 Å². The number of methoxy groups -OCH3 is 1. The van der Waals surface area contributed by atoms with Gasteiger partial charge in [0.15, 0.2) is 44.3 Å². The molecule has 37 heteroatoms. The fourth-order valence-corrected chi connectivity index (χ4v) is 19.4. The SMILES string of the molecule is COc1cc(NS(=O)(=O)c2ccc(C)cc2Cl)c(Br)cc1Oc1cncc(Cl)c1.Cc1ccc(ONc2ccc(Sc3nc4cc(Cl)ccc4s3)c(Cl)c2)c(C)c1.Cc1ccc(S(=O)(=O)Nc2ccc(Oc3cncc(Cl)c3)c(Cl)c2)cc1Cl.O=S.O=S(=O)(Nc1ccc(COc2ccc3ccccc3c2)c(Cl)c1)c1c(Cl)nc2n1C=CC2. The van der Waals surface area contributed by atoms with Crippen molar-refractivity contribution in [3.8, 4) is 40.2 Å². The lowest BCUT2D eigenvalue weighted by atomic mass is 10.1. The number of nitrogens with one attached hydrogen (secondary N) is 4. The zero-order valence-electron chi connectivity index (χ0n) is 61.7. The molecular formula is C81H61BrCl9N9O12S6. The molecule has 0 unspecified atom stereocenters. The molecule has 0 bridgehead atoms. The third-order valence-corrected chi connectivity index (χ3v) is 26.5. The number of nitrogens with zero attached hydrogens (tertiary/aromatic N) is 5. The van der Waals surface area contributed by atoms with E-state index in [1.165, 1.54) is 90.2 Å². The van der Waals surface area contributed by atoms with Gasteiger partial charge in [-0.15, -0.1) is 11.3 Å². The van der Waals surface area contributed by atoms with Gasteiger partial charge in [-0.05, 0) is 180 Å². The van der Waals surface area contributed by atoms with Crippen LogP contribution in [-0.4, -0.2) is 61.1 Å². The number of benzene rings is 10. The predicted octanol–water partition coefficient (Wildman–Crippen LogP) is 25.2. The monoisotopic (exact) mass is 1940 g/mol. The molecule has 0 fully saturated rings. The van der Waals surface area contributed by atoms with Gasteiger partial charge >= 0.3 is 0 Å². The van der Waals surface area contributed by atoms with Gasteiger partial charge in [0.2, 0.25) is 0 Å². The summed E-state index contributed by atoms with van der Waals surface area (Å²) in [5, 5.41) is 5.32. The average Bonchev–Trinajstić information content (AvgIpc) is 1.57. The quantitative estimate of drug-likeness (QED) is 0.0459. The van der Waals surface area contributed by atoms with E-state index < -0.39 is 30.1 Å². The number of sulfonamides is 3. The predicted molar refractivity (Wildman–Crippen MR) is 480 cm³/mol. The standard InChI is InChI=1S/C23H17Cl2N3O3S.C21H16Cl2N2OS2.C19H15BrCl2N2O4S.C18H13Cl3N2O3S.OS/c24-20-13-18(27-32(29,30)23-22(25)26-21-6-3-11-28(21)23)9-7-17(20)14-31-19-10-8-15-4-1-2-5-16(15)12-19;1-12-3-6-18(13(2)9-12)26-25-15-5-8-19(16(23)11-15)27-21-24-17-10-14(22)4-7-20(17)28-21;1-11-3-4-19(15(22)5-11)29(25,26)24-16-8-17(27-2)18(7-14(16)20)28-13-6-12(21)9-23-10-13;1-11-2-4-15(8-16(11)20)27(24,25)23-13-3-5-18(17(21)7-13)26-14-6-12(19)9-22-10-14;1-2/h1-5,7-13,27H,6,14H2;3-11,25H,1-2H3;3-10,24H,1-2H3;2-10,23H,1H3;. The number of aryl methyl sites for hydroxylation is 4. The maximum Gasteiger partial charge on any atom is 0.281 e. The molecule has 10 aromatic carbocycles. The van der Waals surface area contributed by atoms with Crippen LogP contribution in [0.2, 0.25) is 45.3 Å². The minimum Gasteiger partial charge on any atom is -0.493 e. The first kappa shape index (κ1) is 89.9. The number of aromatic nitrogens is 5. The van der Waals surface area contributed by atoms with Gasteiger partial charge in [0.25, 0.3) is 30.1 Å². The summed E-state index contributed by atoms with van der Waals surface area (Å²) in [5.41, 5.74) is 10.1. The lowest BCUT2D eigenvalue weighted by Crippen LogP contribution is -2.16. The van der Waals surface area contributed by atoms with E-state index in [9.17, 15) is 25.3 Å². The maximum absolute atomic E-state index is 12.9. The van der Waals surface area contributed by atoms with Crippen molar-refractivity contribution in [2.75, 3.05) is 26.8 Å². The molecule has 0 atom stereocenters. The van der Waals surface area contributed by atoms with Gasteiger partial charge in [-0.25, -0.2) is 32.3 Å². The number of halogens is 10. The Labute approximate surface area is 746 Å². The molecule has 0 amide bonds. The van der Waals surface area contributed by atoms with Gasteiger partial charge in [-0.3, -0.25) is 28.7 Å². The van der Waals surface area contributed by atoms with Gasteiger partial charge in [-0.2, -0.15) is 12.6 Å². The molecule has 21 nitrogen and oxygen atoms in total. The number of hydrogen-bond donors (Lipinski definition) is 4. The van der Waals surface area contributed by atoms with E-state index in [1.807, 2.05) is 111 Å². The highest BCUT2D eigenvalue weighted by atomic mass is 79.9. The molecule has 1 aliphatic heterocycles. The van der Waals surface area contributed by atoms with Crippen molar-refractivity contribution in [1.29, 1.82) is 0 Å². The van der Waals surface area contributed by atoms with E-state index in [0.717, 1.165) is 69.7 Å². The maximum atomic E-state index is 12.9. The number of imidazole rings is 1. The highest BCUT2D eigenvalue weighted by Crippen LogP contribution is 2.43. The van der Waals surface area contributed by atoms with Crippen LogP contribution in [0, 0.1) is 27.7 Å². The van der Waals surface area contributed by atoms with E-state index >= 15 is 0 Å². The van der Waals surface area contributed by atoms with Crippen molar-refractivity contribution >= 4 is 236 Å². The molecule has 5 heterocycles. The number of hydrogen-bond acceptors (Lipinski definition) is 20. The van der Waals surface area contributed by atoms with E-state index in [1.54, 1.807) is 85.1 Å². The first-order chi connectivity index (χ1) is 56.3. The molecule has 118 heavy (non-hydrogen) atoms. The van der Waals surface area contributed by atoms with Crippen molar-refractivity contribution in [3.63, 3.8) is 0 Å². The molecule has 608 valence electrons. The van der Waals surface area contributed by atoms with Crippen LogP contribution in [0.1, 0.15) is 33.6 Å². The number of rotatable bonds is 22. The summed E-state index contributed by atoms with van der Waals surface area (Å²) in [4.78, 5) is 23.3. The molecule has 1 aliphatic rings. The van der Waals surface area contributed by atoms with Crippen molar-refractivity contribution < 1.29 is 53.2 Å². The number of thiazole rings is 1. The molecule has 4 N–H and O–H groups in total. The summed E-state index contributed by atoms with van der Waals surface area (Å²) in [6.07, 6.45) is 9.94. The second kappa shape index (κ2) is 40.4. The Kier molecular flexibility index (Phi) is 30.8. The average molecular weight is 1940 g/mol. The minimum absolute atomic E-state index is 0.0269. The van der Waals surface area contributed by atoms with Crippen LogP contribution in [0.15, 0.2) is 254 Å². The Morgan fingerprint density at radius 1 is 0.525 bits per heavy atom. The van der Waals surface area contributed by atoms with Gasteiger partial charge in [-0.1, -0.05) is 188 Å². The second-order valence-electron chi connectivity index (χ2n) is 25.2. The largest absolute Gasteiger partial charge is 0.493 e. The molecule has 14 aromatic rings. The van der Waals surface area contributed by atoms with Gasteiger partial charge in [0.05, 0.1) is 82.5 Å². The van der Waals surface area contributed by atoms with Gasteiger partial charge in [0, 0.05) is 79.3 Å².